The van der Waals surface area contributed by atoms with Gasteiger partial charge in [0.1, 0.15) is 0 Å². The third kappa shape index (κ3) is 3.49. The van der Waals surface area contributed by atoms with Crippen LogP contribution >= 0.6 is 0 Å². The first-order valence-corrected chi connectivity index (χ1v) is 7.41. The molecule has 0 spiro atoms. The highest BCUT2D eigenvalue weighted by atomic mass is 16.2. The number of hydrogen-bond acceptors (Lipinski definition) is 4. The summed E-state index contributed by atoms with van der Waals surface area (Å²) in [5.74, 6) is -0.266. The Kier molecular flexibility index (Phi) is 4.44. The monoisotopic (exact) mass is 294 g/mol. The van der Waals surface area contributed by atoms with E-state index in [1.807, 2.05) is 12.1 Å². The zero-order valence-corrected chi connectivity index (χ0v) is 12.3. The van der Waals surface area contributed by atoms with Crippen molar-refractivity contribution in [3.63, 3.8) is 0 Å². The van der Waals surface area contributed by atoms with Gasteiger partial charge >= 0.3 is 0 Å². The normalized spacial score (nSPS) is 14.5. The highest BCUT2D eigenvalue weighted by Gasteiger charge is 2.11. The lowest BCUT2D eigenvalue weighted by Gasteiger charge is -2.17. The van der Waals surface area contributed by atoms with Crippen molar-refractivity contribution in [2.24, 2.45) is 5.10 Å². The van der Waals surface area contributed by atoms with E-state index in [0.29, 0.717) is 5.56 Å². The molecule has 0 saturated carbocycles. The van der Waals surface area contributed by atoms with Gasteiger partial charge in [-0.3, -0.25) is 9.78 Å². The number of carbonyl (C=O) groups excluding carboxylic acids is 1. The lowest BCUT2D eigenvalue weighted by Crippen LogP contribution is -2.18. The minimum Gasteiger partial charge on any atom is -0.372 e. The Labute approximate surface area is 129 Å². The first-order chi connectivity index (χ1) is 10.8. The third-order valence-corrected chi connectivity index (χ3v) is 3.67. The average Bonchev–Trinajstić information content (AvgIpc) is 3.11. The quantitative estimate of drug-likeness (QED) is 0.696. The zero-order chi connectivity index (χ0) is 15.2. The van der Waals surface area contributed by atoms with Crippen molar-refractivity contribution in [2.45, 2.75) is 12.8 Å². The molecule has 1 aromatic heterocycles. The van der Waals surface area contributed by atoms with Crippen molar-refractivity contribution in [3.05, 3.63) is 59.9 Å². The van der Waals surface area contributed by atoms with Gasteiger partial charge in [-0.05, 0) is 42.7 Å². The molecule has 112 valence electrons. The number of rotatable bonds is 4. The van der Waals surface area contributed by atoms with Gasteiger partial charge in [-0.1, -0.05) is 12.1 Å². The van der Waals surface area contributed by atoms with Crippen LogP contribution in [0.4, 0.5) is 5.69 Å². The molecule has 0 radical (unpaired) electrons. The standard InChI is InChI=1S/C17H18N4O/c22-17(15-4-3-9-18-13-15)20-19-12-14-5-7-16(8-6-14)21-10-1-2-11-21/h3-9,12-13H,1-2,10-11H2,(H,20,22). The number of carbonyl (C=O) groups is 1. The van der Waals surface area contributed by atoms with E-state index in [4.69, 9.17) is 0 Å². The van der Waals surface area contributed by atoms with Crippen LogP contribution in [0.25, 0.3) is 0 Å². The van der Waals surface area contributed by atoms with Crippen molar-refractivity contribution in [3.8, 4) is 0 Å². The summed E-state index contributed by atoms with van der Waals surface area (Å²) in [6.45, 7) is 2.27. The van der Waals surface area contributed by atoms with E-state index < -0.39 is 0 Å². The molecule has 1 aliphatic heterocycles. The van der Waals surface area contributed by atoms with E-state index in [-0.39, 0.29) is 5.91 Å². The number of nitrogens with one attached hydrogen (secondary N) is 1. The molecule has 0 atom stereocenters. The number of anilines is 1. The summed E-state index contributed by atoms with van der Waals surface area (Å²) >= 11 is 0. The Morgan fingerprint density at radius 3 is 2.64 bits per heavy atom. The van der Waals surface area contributed by atoms with Crippen LogP contribution in [0.1, 0.15) is 28.8 Å². The number of nitrogens with zero attached hydrogens (tertiary/aromatic N) is 3. The molecule has 1 saturated heterocycles. The van der Waals surface area contributed by atoms with E-state index in [1.165, 1.54) is 24.7 Å². The molecule has 1 N–H and O–H groups in total. The number of hydrogen-bond donors (Lipinski definition) is 1. The maximum absolute atomic E-state index is 11.8. The predicted molar refractivity (Wildman–Crippen MR) is 87.2 cm³/mol. The molecule has 1 aliphatic rings. The minimum atomic E-state index is -0.266. The van der Waals surface area contributed by atoms with Gasteiger partial charge in [0.15, 0.2) is 0 Å². The molecule has 2 heterocycles. The first kappa shape index (κ1) is 14.3. The Balaban J connectivity index is 1.57. The summed E-state index contributed by atoms with van der Waals surface area (Å²) in [5.41, 5.74) is 5.18. The van der Waals surface area contributed by atoms with Gasteiger partial charge in [0.05, 0.1) is 11.8 Å². The SMILES string of the molecule is O=C(NN=Cc1ccc(N2CCCC2)cc1)c1cccnc1. The summed E-state index contributed by atoms with van der Waals surface area (Å²) in [6, 6.07) is 11.6. The van der Waals surface area contributed by atoms with Gasteiger partial charge in [0, 0.05) is 31.2 Å². The summed E-state index contributed by atoms with van der Waals surface area (Å²) < 4.78 is 0. The Morgan fingerprint density at radius 2 is 1.95 bits per heavy atom. The van der Waals surface area contributed by atoms with Gasteiger partial charge in [-0.2, -0.15) is 5.10 Å². The molecular formula is C17H18N4O. The van der Waals surface area contributed by atoms with Crippen LogP contribution in [0.2, 0.25) is 0 Å². The maximum Gasteiger partial charge on any atom is 0.272 e. The zero-order valence-electron chi connectivity index (χ0n) is 12.3. The Morgan fingerprint density at radius 1 is 1.18 bits per heavy atom. The topological polar surface area (TPSA) is 57.6 Å². The number of aromatic nitrogens is 1. The molecule has 1 fully saturated rings. The van der Waals surface area contributed by atoms with Crippen molar-refractivity contribution >= 4 is 17.8 Å². The van der Waals surface area contributed by atoms with Gasteiger partial charge < -0.3 is 4.90 Å². The molecule has 5 heteroatoms. The molecule has 2 aromatic rings. The first-order valence-electron chi connectivity index (χ1n) is 7.41. The fourth-order valence-corrected chi connectivity index (χ4v) is 2.47. The van der Waals surface area contributed by atoms with Crippen LogP contribution < -0.4 is 10.3 Å². The Bertz CT molecular complexity index is 646. The largest absolute Gasteiger partial charge is 0.372 e. The number of hydrazone groups is 1. The van der Waals surface area contributed by atoms with Crippen LogP contribution in [0.5, 0.6) is 0 Å². The maximum atomic E-state index is 11.8. The van der Waals surface area contributed by atoms with Crippen molar-refractivity contribution in [1.29, 1.82) is 0 Å². The second-order valence-electron chi connectivity index (χ2n) is 5.23. The van der Waals surface area contributed by atoms with Crippen LogP contribution in [0.15, 0.2) is 53.9 Å². The highest BCUT2D eigenvalue weighted by molar-refractivity contribution is 5.94. The van der Waals surface area contributed by atoms with Crippen LogP contribution in [0, 0.1) is 0 Å². The molecule has 22 heavy (non-hydrogen) atoms. The minimum absolute atomic E-state index is 0.266. The van der Waals surface area contributed by atoms with E-state index in [2.05, 4.69) is 32.5 Å². The number of benzene rings is 1. The fraction of sp³-hybridized carbons (Fsp3) is 0.235. The predicted octanol–water partition coefficient (Wildman–Crippen LogP) is 2.45. The lowest BCUT2D eigenvalue weighted by atomic mass is 10.2. The molecular weight excluding hydrogens is 276 g/mol. The Hall–Kier alpha value is -2.69. The summed E-state index contributed by atoms with van der Waals surface area (Å²) in [5, 5.41) is 3.98. The summed E-state index contributed by atoms with van der Waals surface area (Å²) in [4.78, 5) is 18.1. The van der Waals surface area contributed by atoms with E-state index in [0.717, 1.165) is 18.7 Å². The van der Waals surface area contributed by atoms with E-state index in [1.54, 1.807) is 24.5 Å². The van der Waals surface area contributed by atoms with Crippen LogP contribution in [0.3, 0.4) is 0 Å². The third-order valence-electron chi connectivity index (χ3n) is 3.67. The molecule has 3 rings (SSSR count). The smallest absolute Gasteiger partial charge is 0.272 e. The second-order valence-corrected chi connectivity index (χ2v) is 5.23. The van der Waals surface area contributed by atoms with E-state index in [9.17, 15) is 4.79 Å². The molecule has 5 nitrogen and oxygen atoms in total. The van der Waals surface area contributed by atoms with Crippen LogP contribution in [-0.2, 0) is 0 Å². The molecule has 0 bridgehead atoms. The summed E-state index contributed by atoms with van der Waals surface area (Å²) in [6.07, 6.45) is 7.31. The number of pyridine rings is 1. The highest BCUT2D eigenvalue weighted by Crippen LogP contribution is 2.19. The van der Waals surface area contributed by atoms with E-state index >= 15 is 0 Å². The fourth-order valence-electron chi connectivity index (χ4n) is 2.47. The summed E-state index contributed by atoms with van der Waals surface area (Å²) in [7, 11) is 0. The van der Waals surface area contributed by atoms with Crippen molar-refractivity contribution in [1.82, 2.24) is 10.4 Å². The van der Waals surface area contributed by atoms with Crippen molar-refractivity contribution < 1.29 is 4.79 Å². The molecule has 1 aromatic carbocycles. The van der Waals surface area contributed by atoms with Gasteiger partial charge in [-0.25, -0.2) is 5.43 Å². The average molecular weight is 294 g/mol. The van der Waals surface area contributed by atoms with Crippen LogP contribution in [-0.4, -0.2) is 30.2 Å². The van der Waals surface area contributed by atoms with Crippen molar-refractivity contribution in [2.75, 3.05) is 18.0 Å². The molecule has 0 aliphatic carbocycles. The van der Waals surface area contributed by atoms with Gasteiger partial charge in [0.2, 0.25) is 0 Å². The molecule has 1 amide bonds. The number of amides is 1. The van der Waals surface area contributed by atoms with Gasteiger partial charge in [0.25, 0.3) is 5.91 Å². The molecule has 0 unspecified atom stereocenters. The lowest BCUT2D eigenvalue weighted by molar-refractivity contribution is 0.0955. The van der Waals surface area contributed by atoms with Gasteiger partial charge in [-0.15, -0.1) is 0 Å². The second kappa shape index (κ2) is 6.85.